The topological polar surface area (TPSA) is 0 Å². The van der Waals surface area contributed by atoms with Gasteiger partial charge in [0, 0.05) is 0 Å². The van der Waals surface area contributed by atoms with Gasteiger partial charge in [0.1, 0.15) is 4.32 Å². The van der Waals surface area contributed by atoms with Gasteiger partial charge in [0.2, 0.25) is 3.79 Å². The van der Waals surface area contributed by atoms with E-state index >= 15 is 0 Å². The van der Waals surface area contributed by atoms with E-state index in [0.717, 1.165) is 5.56 Å². The molecule has 2 aromatic carbocycles. The summed E-state index contributed by atoms with van der Waals surface area (Å²) in [6.07, 6.45) is 0. The second-order valence-corrected chi connectivity index (χ2v) is 8.38. The zero-order chi connectivity index (χ0) is 15.0. The number of rotatable bonds is 2. The van der Waals surface area contributed by atoms with Crippen molar-refractivity contribution in [2.45, 2.75) is 8.12 Å². The Morgan fingerprint density at radius 1 is 0.800 bits per heavy atom. The molecular formula is C14H8BrCl5. The van der Waals surface area contributed by atoms with Crippen LogP contribution in [0.3, 0.4) is 0 Å². The zero-order valence-corrected chi connectivity index (χ0v) is 15.3. The molecule has 0 amide bonds. The minimum atomic E-state index is -1.66. The summed E-state index contributed by atoms with van der Waals surface area (Å²) in [5, 5.41) is 0.749. The van der Waals surface area contributed by atoms with Crippen LogP contribution in [0.1, 0.15) is 11.1 Å². The van der Waals surface area contributed by atoms with Crippen molar-refractivity contribution in [2.75, 3.05) is 0 Å². The van der Waals surface area contributed by atoms with Crippen LogP contribution in [0.2, 0.25) is 10.0 Å². The van der Waals surface area contributed by atoms with Crippen LogP contribution < -0.4 is 0 Å². The number of halogens is 6. The van der Waals surface area contributed by atoms with Crippen LogP contribution in [-0.4, -0.2) is 3.79 Å². The lowest BCUT2D eigenvalue weighted by Crippen LogP contribution is -2.35. The van der Waals surface area contributed by atoms with Crippen molar-refractivity contribution in [3.8, 4) is 0 Å². The molecule has 0 aliphatic heterocycles. The minimum absolute atomic E-state index is 0.348. The van der Waals surface area contributed by atoms with Crippen molar-refractivity contribution in [1.29, 1.82) is 0 Å². The van der Waals surface area contributed by atoms with E-state index in [-0.39, 0.29) is 0 Å². The number of benzene rings is 2. The van der Waals surface area contributed by atoms with Gasteiger partial charge in [-0.1, -0.05) is 116 Å². The van der Waals surface area contributed by atoms with E-state index in [1.807, 2.05) is 30.3 Å². The third kappa shape index (κ3) is 2.95. The second kappa shape index (κ2) is 6.24. The summed E-state index contributed by atoms with van der Waals surface area (Å²) in [6.45, 7) is 0. The summed E-state index contributed by atoms with van der Waals surface area (Å²) in [7, 11) is 0. The zero-order valence-electron chi connectivity index (χ0n) is 9.89. The Balaban J connectivity index is 2.75. The Hall–Kier alpha value is 0.370. The molecule has 0 aliphatic rings. The van der Waals surface area contributed by atoms with E-state index in [2.05, 4.69) is 15.9 Å². The molecule has 2 rings (SSSR count). The van der Waals surface area contributed by atoms with Crippen molar-refractivity contribution in [3.05, 3.63) is 69.7 Å². The highest BCUT2D eigenvalue weighted by molar-refractivity contribution is 9.10. The van der Waals surface area contributed by atoms with Crippen LogP contribution in [0.4, 0.5) is 0 Å². The Morgan fingerprint density at radius 3 is 1.95 bits per heavy atom. The third-order valence-electron chi connectivity index (χ3n) is 2.88. The summed E-state index contributed by atoms with van der Waals surface area (Å²) in [5.74, 6) is 0. The molecule has 0 nitrogen and oxygen atoms in total. The molecule has 2 aromatic rings. The standard InChI is InChI=1S/C14H8BrCl5/c15-13(14(18,19)20,9-5-2-1-3-6-9)10-7-4-8-11(16)12(10)17/h1-8H. The molecule has 0 fully saturated rings. The monoisotopic (exact) mass is 430 g/mol. The fraction of sp³-hybridized carbons (Fsp3) is 0.143. The molecule has 1 atom stereocenters. The van der Waals surface area contributed by atoms with Crippen LogP contribution in [0.15, 0.2) is 48.5 Å². The van der Waals surface area contributed by atoms with E-state index in [0.29, 0.717) is 15.6 Å². The fourth-order valence-corrected chi connectivity index (χ4v) is 3.69. The van der Waals surface area contributed by atoms with Crippen LogP contribution in [0.5, 0.6) is 0 Å². The van der Waals surface area contributed by atoms with Gasteiger partial charge in [-0.15, -0.1) is 0 Å². The quantitative estimate of drug-likeness (QED) is 0.447. The van der Waals surface area contributed by atoms with Crippen molar-refractivity contribution < 1.29 is 0 Å². The molecule has 0 spiro atoms. The third-order valence-corrected chi connectivity index (χ3v) is 6.72. The number of hydrogen-bond donors (Lipinski definition) is 0. The highest BCUT2D eigenvalue weighted by Crippen LogP contribution is 2.57. The van der Waals surface area contributed by atoms with Gasteiger partial charge in [0.05, 0.1) is 10.0 Å². The maximum Gasteiger partial charge on any atom is 0.213 e. The first kappa shape index (κ1) is 16.7. The molecule has 0 aromatic heterocycles. The Labute approximate surface area is 151 Å². The van der Waals surface area contributed by atoms with E-state index in [4.69, 9.17) is 58.0 Å². The fourth-order valence-electron chi connectivity index (χ4n) is 1.91. The van der Waals surface area contributed by atoms with Gasteiger partial charge in [0.15, 0.2) is 0 Å². The summed E-state index contributed by atoms with van der Waals surface area (Å²) in [4.78, 5) is 0. The normalized spacial score (nSPS) is 14.9. The predicted molar refractivity (Wildman–Crippen MR) is 92.9 cm³/mol. The Bertz CT molecular complexity index is 609. The first-order chi connectivity index (χ1) is 9.28. The van der Waals surface area contributed by atoms with Gasteiger partial charge in [-0.25, -0.2) is 0 Å². The molecule has 0 heterocycles. The van der Waals surface area contributed by atoms with Gasteiger partial charge >= 0.3 is 0 Å². The van der Waals surface area contributed by atoms with Gasteiger partial charge < -0.3 is 0 Å². The second-order valence-electron chi connectivity index (χ2n) is 4.12. The highest BCUT2D eigenvalue weighted by atomic mass is 79.9. The summed E-state index contributed by atoms with van der Waals surface area (Å²) >= 11 is 34.6. The maximum absolute atomic E-state index is 6.30. The molecule has 0 saturated carbocycles. The van der Waals surface area contributed by atoms with E-state index in [1.54, 1.807) is 18.2 Å². The first-order valence-electron chi connectivity index (χ1n) is 5.54. The van der Waals surface area contributed by atoms with Crippen LogP contribution in [-0.2, 0) is 4.32 Å². The van der Waals surface area contributed by atoms with Crippen molar-refractivity contribution in [1.82, 2.24) is 0 Å². The van der Waals surface area contributed by atoms with Crippen molar-refractivity contribution >= 4 is 73.9 Å². The van der Waals surface area contributed by atoms with Crippen molar-refractivity contribution in [3.63, 3.8) is 0 Å². The van der Waals surface area contributed by atoms with Gasteiger partial charge in [-0.2, -0.15) is 0 Å². The Morgan fingerprint density at radius 2 is 1.40 bits per heavy atom. The minimum Gasteiger partial charge on any atom is -0.0827 e. The molecule has 1 unspecified atom stereocenters. The molecule has 106 valence electrons. The lowest BCUT2D eigenvalue weighted by Gasteiger charge is -2.36. The van der Waals surface area contributed by atoms with E-state index in [9.17, 15) is 0 Å². The maximum atomic E-state index is 6.30. The number of alkyl halides is 4. The number of hydrogen-bond acceptors (Lipinski definition) is 0. The first-order valence-corrected chi connectivity index (χ1v) is 8.22. The summed E-state index contributed by atoms with van der Waals surface area (Å²) in [6, 6.07) is 14.5. The molecule has 6 heteroatoms. The van der Waals surface area contributed by atoms with E-state index < -0.39 is 8.12 Å². The van der Waals surface area contributed by atoms with Crippen molar-refractivity contribution in [2.24, 2.45) is 0 Å². The average Bonchev–Trinajstić information content (AvgIpc) is 2.41. The molecule has 0 saturated heterocycles. The van der Waals surface area contributed by atoms with Crippen LogP contribution >= 0.6 is 73.9 Å². The lowest BCUT2D eigenvalue weighted by atomic mass is 9.92. The molecule has 0 N–H and O–H groups in total. The molecule has 0 bridgehead atoms. The summed E-state index contributed by atoms with van der Waals surface area (Å²) < 4.78 is -2.77. The average molecular weight is 433 g/mol. The van der Waals surface area contributed by atoms with Gasteiger partial charge in [-0.05, 0) is 17.2 Å². The molecule has 20 heavy (non-hydrogen) atoms. The van der Waals surface area contributed by atoms with Gasteiger partial charge in [0.25, 0.3) is 0 Å². The smallest absolute Gasteiger partial charge is 0.0827 e. The molecule has 0 radical (unpaired) electrons. The molecule has 0 aliphatic carbocycles. The van der Waals surface area contributed by atoms with E-state index in [1.165, 1.54) is 0 Å². The van der Waals surface area contributed by atoms with Crippen LogP contribution in [0, 0.1) is 0 Å². The highest BCUT2D eigenvalue weighted by Gasteiger charge is 2.50. The largest absolute Gasteiger partial charge is 0.213 e. The lowest BCUT2D eigenvalue weighted by molar-refractivity contribution is 0.782. The Kier molecular flexibility index (Phi) is 5.22. The van der Waals surface area contributed by atoms with Gasteiger partial charge in [-0.3, -0.25) is 0 Å². The van der Waals surface area contributed by atoms with Crippen LogP contribution in [0.25, 0.3) is 0 Å². The SMILES string of the molecule is Clc1cccc(C(Br)(c2ccccc2)C(Cl)(Cl)Cl)c1Cl. The molecular weight excluding hydrogens is 425 g/mol. The summed E-state index contributed by atoms with van der Waals surface area (Å²) in [5.41, 5.74) is 1.36. The predicted octanol–water partition coefficient (Wildman–Crippen LogP) is 7.00.